The van der Waals surface area contributed by atoms with E-state index in [1.165, 1.54) is 7.11 Å². The van der Waals surface area contributed by atoms with Crippen molar-refractivity contribution in [2.24, 2.45) is 0 Å². The predicted molar refractivity (Wildman–Crippen MR) is 122 cm³/mol. The second kappa shape index (κ2) is 9.36. The summed E-state index contributed by atoms with van der Waals surface area (Å²) in [5, 5.41) is 0.457. The zero-order valence-electron chi connectivity index (χ0n) is 18.0. The summed E-state index contributed by atoms with van der Waals surface area (Å²) in [4.78, 5) is 29.5. The first kappa shape index (κ1) is 21.8. The number of hydrogen-bond donors (Lipinski definition) is 0. The first-order valence-corrected chi connectivity index (χ1v) is 10.6. The first-order valence-electron chi connectivity index (χ1n) is 10.3. The molecule has 4 rings (SSSR count). The maximum Gasteiger partial charge on any atom is 0.257 e. The maximum absolute atomic E-state index is 13.2. The van der Waals surface area contributed by atoms with Crippen LogP contribution >= 0.6 is 11.6 Å². The van der Waals surface area contributed by atoms with Gasteiger partial charge in [0.25, 0.3) is 11.8 Å². The number of benzene rings is 2. The van der Waals surface area contributed by atoms with Crippen LogP contribution in [0.3, 0.4) is 0 Å². The zero-order chi connectivity index (χ0) is 22.7. The van der Waals surface area contributed by atoms with Gasteiger partial charge in [0.1, 0.15) is 11.5 Å². The number of rotatable bonds is 5. The van der Waals surface area contributed by atoms with Crippen LogP contribution in [0.25, 0.3) is 5.69 Å². The van der Waals surface area contributed by atoms with Crippen LogP contribution in [-0.2, 0) is 0 Å². The van der Waals surface area contributed by atoms with Crippen molar-refractivity contribution in [1.29, 1.82) is 0 Å². The van der Waals surface area contributed by atoms with Gasteiger partial charge in [0.15, 0.2) is 0 Å². The molecule has 2 heterocycles. The number of carbonyl (C=O) groups is 2. The lowest BCUT2D eigenvalue weighted by Crippen LogP contribution is -2.50. The summed E-state index contributed by atoms with van der Waals surface area (Å²) in [5.41, 5.74) is 1.74. The van der Waals surface area contributed by atoms with E-state index in [0.29, 0.717) is 53.8 Å². The van der Waals surface area contributed by atoms with Crippen LogP contribution in [0.15, 0.2) is 60.9 Å². The van der Waals surface area contributed by atoms with Crippen LogP contribution in [0.1, 0.15) is 20.7 Å². The molecule has 1 saturated heterocycles. The van der Waals surface area contributed by atoms with Gasteiger partial charge in [0.2, 0.25) is 0 Å². The van der Waals surface area contributed by atoms with Gasteiger partial charge in [0.05, 0.1) is 30.5 Å². The third kappa shape index (κ3) is 4.29. The normalized spacial score (nSPS) is 13.7. The van der Waals surface area contributed by atoms with E-state index in [-0.39, 0.29) is 11.8 Å². The Morgan fingerprint density at radius 1 is 0.844 bits per heavy atom. The molecule has 2 amide bonds. The number of halogens is 1. The summed E-state index contributed by atoms with van der Waals surface area (Å²) in [6, 6.07) is 14.2. The quantitative estimate of drug-likeness (QED) is 0.590. The largest absolute Gasteiger partial charge is 0.497 e. The van der Waals surface area contributed by atoms with Crippen molar-refractivity contribution < 1.29 is 19.1 Å². The van der Waals surface area contributed by atoms with Gasteiger partial charge in [-0.3, -0.25) is 9.59 Å². The summed E-state index contributed by atoms with van der Waals surface area (Å²) < 4.78 is 12.5. The topological polar surface area (TPSA) is 64.0 Å². The van der Waals surface area contributed by atoms with Crippen LogP contribution in [0.2, 0.25) is 5.02 Å². The summed E-state index contributed by atoms with van der Waals surface area (Å²) in [6.45, 7) is 1.77. The minimum Gasteiger partial charge on any atom is -0.497 e. The van der Waals surface area contributed by atoms with E-state index in [1.807, 2.05) is 29.1 Å². The fourth-order valence-corrected chi connectivity index (χ4v) is 4.03. The van der Waals surface area contributed by atoms with Crippen molar-refractivity contribution in [2.75, 3.05) is 40.4 Å². The molecule has 3 aromatic rings. The maximum atomic E-state index is 13.2. The molecule has 0 radical (unpaired) electrons. The molecule has 32 heavy (non-hydrogen) atoms. The molecule has 2 aromatic carbocycles. The fourth-order valence-electron chi connectivity index (χ4n) is 3.77. The predicted octanol–water partition coefficient (Wildman–Crippen LogP) is 3.75. The second-order valence-electron chi connectivity index (χ2n) is 7.41. The number of methoxy groups -OCH3 is 2. The van der Waals surface area contributed by atoms with Gasteiger partial charge in [-0.05, 0) is 42.5 Å². The summed E-state index contributed by atoms with van der Waals surface area (Å²) in [7, 11) is 3.12. The minimum absolute atomic E-state index is 0.0588. The van der Waals surface area contributed by atoms with Crippen LogP contribution in [0.4, 0.5) is 0 Å². The van der Waals surface area contributed by atoms with Gasteiger partial charge in [-0.1, -0.05) is 11.6 Å². The number of piperazine rings is 1. The highest BCUT2D eigenvalue weighted by atomic mass is 35.5. The van der Waals surface area contributed by atoms with E-state index in [1.54, 1.807) is 53.3 Å². The van der Waals surface area contributed by atoms with Gasteiger partial charge in [-0.15, -0.1) is 0 Å². The number of ether oxygens (including phenoxy) is 2. The highest BCUT2D eigenvalue weighted by molar-refractivity contribution is 6.33. The molecule has 1 fully saturated rings. The molecule has 166 valence electrons. The van der Waals surface area contributed by atoms with E-state index in [0.717, 1.165) is 5.69 Å². The smallest absolute Gasteiger partial charge is 0.257 e. The molecular weight excluding hydrogens is 430 g/mol. The van der Waals surface area contributed by atoms with Crippen LogP contribution in [-0.4, -0.2) is 66.6 Å². The van der Waals surface area contributed by atoms with Crippen molar-refractivity contribution in [3.05, 3.63) is 77.1 Å². The summed E-state index contributed by atoms with van der Waals surface area (Å²) in [5.74, 6) is 0.933. The van der Waals surface area contributed by atoms with E-state index in [9.17, 15) is 9.59 Å². The molecule has 0 spiro atoms. The van der Waals surface area contributed by atoms with Crippen molar-refractivity contribution >= 4 is 23.4 Å². The molecule has 0 unspecified atom stereocenters. The molecule has 1 aliphatic rings. The summed E-state index contributed by atoms with van der Waals surface area (Å²) >= 11 is 6.48. The van der Waals surface area contributed by atoms with Crippen molar-refractivity contribution in [1.82, 2.24) is 14.4 Å². The van der Waals surface area contributed by atoms with Gasteiger partial charge in [0, 0.05) is 50.2 Å². The monoisotopic (exact) mass is 453 g/mol. The Kier molecular flexibility index (Phi) is 6.37. The first-order chi connectivity index (χ1) is 15.5. The average Bonchev–Trinajstić information content (AvgIpc) is 3.38. The van der Waals surface area contributed by atoms with Crippen LogP contribution in [0, 0.1) is 0 Å². The average molecular weight is 454 g/mol. The van der Waals surface area contributed by atoms with Gasteiger partial charge < -0.3 is 23.8 Å². The van der Waals surface area contributed by atoms with Crippen molar-refractivity contribution in [2.45, 2.75) is 0 Å². The molecule has 8 heteroatoms. The molecule has 1 aromatic heterocycles. The molecule has 0 bridgehead atoms. The van der Waals surface area contributed by atoms with E-state index in [2.05, 4.69) is 0 Å². The number of amides is 2. The zero-order valence-corrected chi connectivity index (χ0v) is 18.7. The Morgan fingerprint density at radius 2 is 1.44 bits per heavy atom. The van der Waals surface area contributed by atoms with E-state index >= 15 is 0 Å². The number of carbonyl (C=O) groups excluding carboxylic acids is 2. The number of hydrogen-bond acceptors (Lipinski definition) is 4. The minimum atomic E-state index is -0.167. The molecule has 0 saturated carbocycles. The third-order valence-corrected chi connectivity index (χ3v) is 5.88. The Hall–Kier alpha value is -3.45. The van der Waals surface area contributed by atoms with Gasteiger partial charge in [-0.2, -0.15) is 0 Å². The molecule has 0 atom stereocenters. The van der Waals surface area contributed by atoms with Crippen molar-refractivity contribution in [3.8, 4) is 17.2 Å². The Balaban J connectivity index is 1.46. The van der Waals surface area contributed by atoms with Crippen LogP contribution < -0.4 is 9.47 Å². The molecule has 0 N–H and O–H groups in total. The molecular formula is C24H24ClN3O4. The lowest BCUT2D eigenvalue weighted by molar-refractivity contribution is 0.0533. The molecule has 1 aliphatic heterocycles. The highest BCUT2D eigenvalue weighted by Gasteiger charge is 2.27. The Bertz CT molecular complexity index is 1110. The lowest BCUT2D eigenvalue weighted by atomic mass is 10.1. The fraction of sp³-hybridized carbons (Fsp3) is 0.250. The Labute approximate surface area is 191 Å². The highest BCUT2D eigenvalue weighted by Crippen LogP contribution is 2.31. The third-order valence-electron chi connectivity index (χ3n) is 5.57. The van der Waals surface area contributed by atoms with Gasteiger partial charge in [-0.25, -0.2) is 0 Å². The van der Waals surface area contributed by atoms with Crippen LogP contribution in [0.5, 0.6) is 11.5 Å². The van der Waals surface area contributed by atoms with E-state index in [4.69, 9.17) is 21.1 Å². The lowest BCUT2D eigenvalue weighted by Gasteiger charge is -2.35. The standard InChI is InChI=1S/C24H24ClN3O4/c1-31-18-7-5-17(6-8-18)23(29)27-11-13-28(14-12-27)24(30)19-15-20(25)21(16-22(19)32-2)26-9-3-4-10-26/h3-10,15-16H,11-14H2,1-2H3. The van der Waals surface area contributed by atoms with Gasteiger partial charge >= 0.3 is 0 Å². The summed E-state index contributed by atoms with van der Waals surface area (Å²) in [6.07, 6.45) is 3.75. The SMILES string of the molecule is COc1ccc(C(=O)N2CCN(C(=O)c3cc(Cl)c(-n4cccc4)cc3OC)CC2)cc1. The molecule has 7 nitrogen and oxygen atoms in total. The van der Waals surface area contributed by atoms with Crippen molar-refractivity contribution in [3.63, 3.8) is 0 Å². The second-order valence-corrected chi connectivity index (χ2v) is 7.81. The Morgan fingerprint density at radius 3 is 2.00 bits per heavy atom. The number of nitrogens with zero attached hydrogens (tertiary/aromatic N) is 3. The number of aromatic nitrogens is 1. The molecule has 0 aliphatic carbocycles. The van der Waals surface area contributed by atoms with E-state index < -0.39 is 0 Å².